The van der Waals surface area contributed by atoms with Crippen LogP contribution in [0.1, 0.15) is 32.1 Å². The summed E-state index contributed by atoms with van der Waals surface area (Å²) < 4.78 is 2.16. The zero-order valence-corrected chi connectivity index (χ0v) is 17.9. The molecule has 0 N–H and O–H groups in total. The Morgan fingerprint density at radius 1 is 1.24 bits per heavy atom. The van der Waals surface area contributed by atoms with Crippen molar-refractivity contribution in [2.75, 3.05) is 32.1 Å². The lowest BCUT2D eigenvalue weighted by molar-refractivity contribution is -0.123. The molecule has 1 amide bonds. The molecule has 0 bridgehead atoms. The van der Waals surface area contributed by atoms with Gasteiger partial charge in [0.1, 0.15) is 0 Å². The van der Waals surface area contributed by atoms with Crippen LogP contribution in [0.5, 0.6) is 0 Å². The van der Waals surface area contributed by atoms with Crippen molar-refractivity contribution >= 4 is 60.9 Å². The van der Waals surface area contributed by atoms with E-state index in [2.05, 4.69) is 26.9 Å². The summed E-state index contributed by atoms with van der Waals surface area (Å²) >= 11 is 5.12. The first-order valence-electron chi connectivity index (χ1n) is 8.57. The topological polar surface area (TPSA) is 36.4 Å². The molecule has 7 heteroatoms. The van der Waals surface area contributed by atoms with E-state index in [1.165, 1.54) is 19.3 Å². The van der Waals surface area contributed by atoms with E-state index in [4.69, 9.17) is 4.98 Å². The van der Waals surface area contributed by atoms with Crippen molar-refractivity contribution in [2.45, 2.75) is 32.1 Å². The first-order valence-corrected chi connectivity index (χ1v) is 10.2. The van der Waals surface area contributed by atoms with Crippen LogP contribution in [0.15, 0.2) is 22.7 Å². The Balaban J connectivity index is 0.00000225. The summed E-state index contributed by atoms with van der Waals surface area (Å²) in [6.45, 7) is 1.54. The zero-order valence-electron chi connectivity index (χ0n) is 14.7. The third kappa shape index (κ3) is 5.16. The van der Waals surface area contributed by atoms with Gasteiger partial charge in [-0.25, -0.2) is 4.98 Å². The lowest BCUT2D eigenvalue weighted by Crippen LogP contribution is -2.41. The summed E-state index contributed by atoms with van der Waals surface area (Å²) in [5.74, 6) is 0.425. The molecule has 1 heterocycles. The number of halogens is 2. The average Bonchev–Trinajstić information content (AvgIpc) is 2.98. The van der Waals surface area contributed by atoms with Gasteiger partial charge in [0.05, 0.1) is 10.2 Å². The molecule has 0 unspecified atom stereocenters. The normalized spacial score (nSPS) is 15.4. The predicted molar refractivity (Wildman–Crippen MR) is 112 cm³/mol. The van der Waals surface area contributed by atoms with Crippen LogP contribution in [0.3, 0.4) is 0 Å². The maximum atomic E-state index is 13.1. The van der Waals surface area contributed by atoms with Gasteiger partial charge in [-0.05, 0) is 45.1 Å². The Labute approximate surface area is 168 Å². The molecule has 1 aromatic heterocycles. The first-order chi connectivity index (χ1) is 11.5. The highest BCUT2D eigenvalue weighted by Crippen LogP contribution is 2.33. The Hall–Kier alpha value is -0.690. The molecule has 0 radical (unpaired) electrons. The SMILES string of the molecule is CN(C)CCN(C(=O)C1CCCCC1)c1nc2ccc(Br)cc2s1.Cl. The van der Waals surface area contributed by atoms with Gasteiger partial charge in [0, 0.05) is 23.5 Å². The highest BCUT2D eigenvalue weighted by atomic mass is 79.9. The van der Waals surface area contributed by atoms with Crippen LogP contribution in [0.4, 0.5) is 5.13 Å². The summed E-state index contributed by atoms with van der Waals surface area (Å²) in [4.78, 5) is 21.9. The lowest BCUT2D eigenvalue weighted by atomic mass is 9.88. The van der Waals surface area contributed by atoms with E-state index in [0.29, 0.717) is 6.54 Å². The summed E-state index contributed by atoms with van der Waals surface area (Å²) in [6, 6.07) is 6.08. The fourth-order valence-corrected chi connectivity index (χ4v) is 4.72. The monoisotopic (exact) mass is 445 g/mol. The quantitative estimate of drug-likeness (QED) is 0.651. The minimum Gasteiger partial charge on any atom is -0.308 e. The molecule has 0 spiro atoms. The molecule has 1 aromatic carbocycles. The smallest absolute Gasteiger partial charge is 0.231 e. The van der Waals surface area contributed by atoms with Crippen LogP contribution in [-0.2, 0) is 4.79 Å². The average molecular weight is 447 g/mol. The standard InChI is InChI=1S/C18H24BrN3OS.ClH/c1-21(2)10-11-22(17(23)13-6-4-3-5-7-13)18-20-15-9-8-14(19)12-16(15)24-18;/h8-9,12-13H,3-7,10-11H2,1-2H3;1H. The van der Waals surface area contributed by atoms with Crippen LogP contribution < -0.4 is 4.90 Å². The molecular weight excluding hydrogens is 422 g/mol. The van der Waals surface area contributed by atoms with Gasteiger partial charge in [0.15, 0.2) is 5.13 Å². The molecule has 1 aliphatic carbocycles. The maximum absolute atomic E-state index is 13.1. The van der Waals surface area contributed by atoms with Crippen molar-refractivity contribution in [3.05, 3.63) is 22.7 Å². The van der Waals surface area contributed by atoms with E-state index in [9.17, 15) is 4.79 Å². The highest BCUT2D eigenvalue weighted by Gasteiger charge is 2.28. The summed E-state index contributed by atoms with van der Waals surface area (Å²) in [7, 11) is 4.08. The van der Waals surface area contributed by atoms with E-state index in [1.54, 1.807) is 11.3 Å². The Morgan fingerprint density at radius 2 is 1.96 bits per heavy atom. The molecule has 138 valence electrons. The molecule has 0 saturated heterocycles. The highest BCUT2D eigenvalue weighted by molar-refractivity contribution is 9.10. The molecule has 2 aromatic rings. The summed E-state index contributed by atoms with van der Waals surface area (Å²) in [5, 5.41) is 0.834. The van der Waals surface area contributed by atoms with Gasteiger partial charge in [-0.1, -0.05) is 46.5 Å². The fraction of sp³-hybridized carbons (Fsp3) is 0.556. The molecule has 1 fully saturated rings. The molecular formula is C18H25BrClN3OS. The lowest BCUT2D eigenvalue weighted by Gasteiger charge is -2.28. The third-order valence-electron chi connectivity index (χ3n) is 4.56. The number of aromatic nitrogens is 1. The van der Waals surface area contributed by atoms with Crippen molar-refractivity contribution in [1.29, 1.82) is 0 Å². The van der Waals surface area contributed by atoms with E-state index >= 15 is 0 Å². The van der Waals surface area contributed by atoms with Crippen molar-refractivity contribution in [3.63, 3.8) is 0 Å². The molecule has 3 rings (SSSR count). The van der Waals surface area contributed by atoms with Crippen LogP contribution in [-0.4, -0.2) is 43.0 Å². The molecule has 1 saturated carbocycles. The van der Waals surface area contributed by atoms with E-state index < -0.39 is 0 Å². The van der Waals surface area contributed by atoms with Crippen molar-refractivity contribution in [3.8, 4) is 0 Å². The van der Waals surface area contributed by atoms with Gasteiger partial charge in [-0.3, -0.25) is 9.69 Å². The zero-order chi connectivity index (χ0) is 17.1. The number of hydrogen-bond donors (Lipinski definition) is 0. The number of anilines is 1. The Bertz CT molecular complexity index is 715. The fourth-order valence-electron chi connectivity index (χ4n) is 3.17. The number of fused-ring (bicyclic) bond motifs is 1. The molecule has 1 aliphatic rings. The minimum absolute atomic E-state index is 0. The number of likely N-dealkylation sites (N-methyl/N-ethyl adjacent to an activating group) is 1. The first kappa shape index (κ1) is 20.6. The maximum Gasteiger partial charge on any atom is 0.231 e. The number of carbonyl (C=O) groups excluding carboxylic acids is 1. The van der Waals surface area contributed by atoms with Gasteiger partial charge in [-0.2, -0.15) is 0 Å². The summed E-state index contributed by atoms with van der Waals surface area (Å²) in [6.07, 6.45) is 5.65. The molecule has 0 aliphatic heterocycles. The van der Waals surface area contributed by atoms with Crippen molar-refractivity contribution in [1.82, 2.24) is 9.88 Å². The number of hydrogen-bond acceptors (Lipinski definition) is 4. The second-order valence-electron chi connectivity index (χ2n) is 6.74. The predicted octanol–water partition coefficient (Wildman–Crippen LogP) is 4.96. The number of carbonyl (C=O) groups is 1. The molecule has 4 nitrogen and oxygen atoms in total. The molecule has 25 heavy (non-hydrogen) atoms. The largest absolute Gasteiger partial charge is 0.308 e. The van der Waals surface area contributed by atoms with Crippen LogP contribution in [0.2, 0.25) is 0 Å². The number of benzene rings is 1. The Kier molecular flexibility index (Phi) is 7.68. The van der Waals surface area contributed by atoms with Gasteiger partial charge >= 0.3 is 0 Å². The second kappa shape index (κ2) is 9.31. The van der Waals surface area contributed by atoms with Crippen molar-refractivity contribution in [2.24, 2.45) is 5.92 Å². The second-order valence-corrected chi connectivity index (χ2v) is 8.66. The van der Waals surface area contributed by atoms with Gasteiger partial charge in [0.2, 0.25) is 5.91 Å². The van der Waals surface area contributed by atoms with Crippen LogP contribution >= 0.6 is 39.7 Å². The van der Waals surface area contributed by atoms with Crippen molar-refractivity contribution < 1.29 is 4.79 Å². The van der Waals surface area contributed by atoms with Crippen LogP contribution in [0, 0.1) is 5.92 Å². The molecule has 0 atom stereocenters. The number of thiazole rings is 1. The van der Waals surface area contributed by atoms with Gasteiger partial charge in [0.25, 0.3) is 0 Å². The summed E-state index contributed by atoms with van der Waals surface area (Å²) in [5.41, 5.74) is 0.962. The third-order valence-corrected chi connectivity index (χ3v) is 6.10. The van der Waals surface area contributed by atoms with E-state index in [1.807, 2.05) is 31.1 Å². The Morgan fingerprint density at radius 3 is 2.64 bits per heavy atom. The number of nitrogens with zero attached hydrogens (tertiary/aromatic N) is 3. The van der Waals surface area contributed by atoms with E-state index in [-0.39, 0.29) is 24.2 Å². The number of amides is 1. The number of rotatable bonds is 5. The van der Waals surface area contributed by atoms with Gasteiger partial charge in [-0.15, -0.1) is 12.4 Å². The van der Waals surface area contributed by atoms with Crippen LogP contribution in [0.25, 0.3) is 10.2 Å². The minimum atomic E-state index is 0. The van der Waals surface area contributed by atoms with Gasteiger partial charge < -0.3 is 4.90 Å². The van der Waals surface area contributed by atoms with E-state index in [0.717, 1.165) is 39.2 Å².